The third kappa shape index (κ3) is 3.98. The summed E-state index contributed by atoms with van der Waals surface area (Å²) in [4.78, 5) is 25.2. The average Bonchev–Trinajstić information content (AvgIpc) is 3.19. The van der Waals surface area contributed by atoms with E-state index in [1.165, 1.54) is 0 Å². The van der Waals surface area contributed by atoms with Crippen molar-refractivity contribution >= 4 is 11.8 Å². The van der Waals surface area contributed by atoms with E-state index in [9.17, 15) is 9.59 Å². The highest BCUT2D eigenvalue weighted by Gasteiger charge is 2.36. The first-order chi connectivity index (χ1) is 8.51. The van der Waals surface area contributed by atoms with E-state index in [4.69, 9.17) is 5.73 Å². The Morgan fingerprint density at radius 3 is 2.44 bits per heavy atom. The molecule has 0 aromatic rings. The first kappa shape index (κ1) is 15.0. The summed E-state index contributed by atoms with van der Waals surface area (Å²) in [5.41, 5.74) is 5.20. The van der Waals surface area contributed by atoms with E-state index in [1.807, 2.05) is 4.90 Å². The van der Waals surface area contributed by atoms with Crippen LogP contribution in [-0.2, 0) is 9.59 Å². The van der Waals surface area contributed by atoms with E-state index < -0.39 is 0 Å². The van der Waals surface area contributed by atoms with Crippen LogP contribution in [0.25, 0.3) is 0 Å². The molecule has 1 fully saturated rings. The molecule has 2 atom stereocenters. The first-order valence-corrected chi connectivity index (χ1v) is 6.79. The highest BCUT2D eigenvalue weighted by Crippen LogP contribution is 2.31. The number of rotatable bonds is 7. The Balaban J connectivity index is 2.55. The predicted molar refractivity (Wildman–Crippen MR) is 70.8 cm³/mol. The van der Waals surface area contributed by atoms with Crippen molar-refractivity contribution in [1.82, 2.24) is 10.2 Å². The third-order valence-electron chi connectivity index (χ3n) is 3.76. The maximum Gasteiger partial charge on any atom is 0.242 e. The van der Waals surface area contributed by atoms with Crippen molar-refractivity contribution < 1.29 is 9.59 Å². The standard InChI is InChI=1S/C13H25N3O2/c1-4-9(2)10(3)16(11-5-6-11)13(18)8-15-12(17)7-14/h9-11H,4-8,14H2,1-3H3,(H,15,17). The number of hydrogen-bond donors (Lipinski definition) is 2. The molecule has 18 heavy (non-hydrogen) atoms. The van der Waals surface area contributed by atoms with Gasteiger partial charge in [0.05, 0.1) is 13.1 Å². The molecule has 2 amide bonds. The molecular formula is C13H25N3O2. The molecule has 0 bridgehead atoms. The molecule has 1 aliphatic carbocycles. The van der Waals surface area contributed by atoms with Gasteiger partial charge in [0, 0.05) is 12.1 Å². The zero-order valence-corrected chi connectivity index (χ0v) is 11.6. The van der Waals surface area contributed by atoms with Crippen LogP contribution in [0.4, 0.5) is 0 Å². The topological polar surface area (TPSA) is 75.4 Å². The second-order valence-electron chi connectivity index (χ2n) is 5.14. The zero-order valence-electron chi connectivity index (χ0n) is 11.6. The lowest BCUT2D eigenvalue weighted by molar-refractivity contribution is -0.135. The van der Waals surface area contributed by atoms with Gasteiger partial charge in [-0.3, -0.25) is 9.59 Å². The van der Waals surface area contributed by atoms with Crippen molar-refractivity contribution in [3.8, 4) is 0 Å². The number of carbonyl (C=O) groups excluding carboxylic acids is 2. The summed E-state index contributed by atoms with van der Waals surface area (Å²) in [6.45, 7) is 6.37. The van der Waals surface area contributed by atoms with Crippen LogP contribution in [-0.4, -0.2) is 41.9 Å². The minimum atomic E-state index is -0.282. The van der Waals surface area contributed by atoms with Gasteiger partial charge >= 0.3 is 0 Å². The number of nitrogens with one attached hydrogen (secondary N) is 1. The summed E-state index contributed by atoms with van der Waals surface area (Å²) in [5.74, 6) is 0.196. The maximum absolute atomic E-state index is 12.2. The lowest BCUT2D eigenvalue weighted by atomic mass is 9.99. The van der Waals surface area contributed by atoms with Crippen LogP contribution in [0.2, 0.25) is 0 Å². The average molecular weight is 255 g/mol. The second-order valence-corrected chi connectivity index (χ2v) is 5.14. The summed E-state index contributed by atoms with van der Waals surface area (Å²) in [5, 5.41) is 2.55. The number of nitrogens with zero attached hydrogens (tertiary/aromatic N) is 1. The van der Waals surface area contributed by atoms with Crippen molar-refractivity contribution in [3.63, 3.8) is 0 Å². The van der Waals surface area contributed by atoms with Crippen LogP contribution in [0, 0.1) is 5.92 Å². The molecule has 1 aliphatic rings. The van der Waals surface area contributed by atoms with Crippen molar-refractivity contribution in [3.05, 3.63) is 0 Å². The Morgan fingerprint density at radius 1 is 1.39 bits per heavy atom. The fraction of sp³-hybridized carbons (Fsp3) is 0.846. The zero-order chi connectivity index (χ0) is 13.7. The molecule has 0 saturated heterocycles. The van der Waals surface area contributed by atoms with Gasteiger partial charge < -0.3 is 16.0 Å². The third-order valence-corrected chi connectivity index (χ3v) is 3.76. The first-order valence-electron chi connectivity index (χ1n) is 6.79. The van der Waals surface area contributed by atoms with Crippen LogP contribution in [0.1, 0.15) is 40.0 Å². The van der Waals surface area contributed by atoms with E-state index in [2.05, 4.69) is 26.1 Å². The minimum absolute atomic E-state index is 0.00657. The Bertz CT molecular complexity index is 303. The molecule has 0 aromatic heterocycles. The molecule has 5 nitrogen and oxygen atoms in total. The molecule has 1 rings (SSSR count). The summed E-state index contributed by atoms with van der Waals surface area (Å²) in [7, 11) is 0. The van der Waals surface area contributed by atoms with Gasteiger partial charge in [0.25, 0.3) is 0 Å². The lowest BCUT2D eigenvalue weighted by Crippen LogP contribution is -2.48. The van der Waals surface area contributed by atoms with Gasteiger partial charge in [-0.25, -0.2) is 0 Å². The van der Waals surface area contributed by atoms with Gasteiger partial charge in [0.2, 0.25) is 11.8 Å². The van der Waals surface area contributed by atoms with Gasteiger partial charge in [-0.2, -0.15) is 0 Å². The number of hydrogen-bond acceptors (Lipinski definition) is 3. The van der Waals surface area contributed by atoms with E-state index in [0.29, 0.717) is 12.0 Å². The van der Waals surface area contributed by atoms with Crippen LogP contribution >= 0.6 is 0 Å². The lowest BCUT2D eigenvalue weighted by Gasteiger charge is -2.33. The fourth-order valence-corrected chi connectivity index (χ4v) is 2.07. The van der Waals surface area contributed by atoms with Crippen molar-refractivity contribution in [2.24, 2.45) is 11.7 Å². The van der Waals surface area contributed by atoms with Gasteiger partial charge in [0.15, 0.2) is 0 Å². The minimum Gasteiger partial charge on any atom is -0.346 e. The van der Waals surface area contributed by atoms with Crippen molar-refractivity contribution in [2.75, 3.05) is 13.1 Å². The van der Waals surface area contributed by atoms with Gasteiger partial charge in [0.1, 0.15) is 0 Å². The molecule has 5 heteroatoms. The van der Waals surface area contributed by atoms with Crippen LogP contribution in [0.3, 0.4) is 0 Å². The molecule has 0 aromatic carbocycles. The van der Waals surface area contributed by atoms with E-state index in [0.717, 1.165) is 19.3 Å². The van der Waals surface area contributed by atoms with E-state index in [1.54, 1.807) is 0 Å². The van der Waals surface area contributed by atoms with Gasteiger partial charge in [-0.05, 0) is 25.7 Å². The predicted octanol–water partition coefficient (Wildman–Crippen LogP) is 0.487. The monoisotopic (exact) mass is 255 g/mol. The Kier molecular flexibility index (Phi) is 5.59. The maximum atomic E-state index is 12.2. The molecule has 104 valence electrons. The fourth-order valence-electron chi connectivity index (χ4n) is 2.07. The van der Waals surface area contributed by atoms with Crippen LogP contribution in [0.5, 0.6) is 0 Å². The Morgan fingerprint density at radius 2 is 2.00 bits per heavy atom. The van der Waals surface area contributed by atoms with Crippen molar-refractivity contribution in [2.45, 2.75) is 52.1 Å². The molecule has 0 aliphatic heterocycles. The molecule has 1 saturated carbocycles. The summed E-state index contributed by atoms with van der Waals surface area (Å²) >= 11 is 0. The van der Waals surface area contributed by atoms with Gasteiger partial charge in [-0.15, -0.1) is 0 Å². The smallest absolute Gasteiger partial charge is 0.242 e. The van der Waals surface area contributed by atoms with Crippen LogP contribution in [0.15, 0.2) is 0 Å². The number of amides is 2. The molecule has 0 spiro atoms. The molecule has 0 radical (unpaired) electrons. The van der Waals surface area contributed by atoms with E-state index in [-0.39, 0.29) is 30.9 Å². The van der Waals surface area contributed by atoms with Gasteiger partial charge in [-0.1, -0.05) is 20.3 Å². The number of nitrogens with two attached hydrogens (primary N) is 1. The number of carbonyl (C=O) groups is 2. The second kappa shape index (κ2) is 6.73. The molecule has 2 unspecified atom stereocenters. The molecular weight excluding hydrogens is 230 g/mol. The highest BCUT2D eigenvalue weighted by atomic mass is 16.2. The quantitative estimate of drug-likeness (QED) is 0.695. The SMILES string of the molecule is CCC(C)C(C)N(C(=O)CNC(=O)CN)C1CC1. The normalized spacial score (nSPS) is 18.0. The highest BCUT2D eigenvalue weighted by molar-refractivity contribution is 5.86. The molecule has 0 heterocycles. The van der Waals surface area contributed by atoms with E-state index >= 15 is 0 Å². The summed E-state index contributed by atoms with van der Waals surface area (Å²) in [6.07, 6.45) is 3.21. The summed E-state index contributed by atoms with van der Waals surface area (Å²) in [6, 6.07) is 0.598. The summed E-state index contributed by atoms with van der Waals surface area (Å²) < 4.78 is 0. The molecule has 3 N–H and O–H groups in total. The Hall–Kier alpha value is -1.10. The largest absolute Gasteiger partial charge is 0.346 e. The van der Waals surface area contributed by atoms with Crippen molar-refractivity contribution in [1.29, 1.82) is 0 Å². The Labute approximate surface area is 109 Å². The van der Waals surface area contributed by atoms with Crippen LogP contribution < -0.4 is 11.1 Å².